The Hall–Kier alpha value is -3.12. The molecule has 0 aliphatic heterocycles. The number of esters is 1. The van der Waals surface area contributed by atoms with Gasteiger partial charge in [0.25, 0.3) is 0 Å². The average molecular weight is 385 g/mol. The van der Waals surface area contributed by atoms with E-state index in [4.69, 9.17) is 21.1 Å². The fourth-order valence-corrected chi connectivity index (χ4v) is 2.54. The summed E-state index contributed by atoms with van der Waals surface area (Å²) in [6.07, 6.45) is 0. The molecule has 0 amide bonds. The molecule has 0 N–H and O–H groups in total. The van der Waals surface area contributed by atoms with Gasteiger partial charge >= 0.3 is 5.97 Å². The molecule has 0 saturated carbocycles. The molecule has 2 aromatic carbocycles. The maximum atomic E-state index is 12.3. The Balaban J connectivity index is 1.69. The second-order valence-corrected chi connectivity index (χ2v) is 6.12. The third-order valence-corrected chi connectivity index (χ3v) is 3.95. The van der Waals surface area contributed by atoms with Gasteiger partial charge in [-0.1, -0.05) is 29.8 Å². The van der Waals surface area contributed by atoms with Crippen molar-refractivity contribution in [3.8, 4) is 11.4 Å². The van der Waals surface area contributed by atoms with Gasteiger partial charge in [0.2, 0.25) is 11.1 Å². The second kappa shape index (κ2) is 8.51. The van der Waals surface area contributed by atoms with Crippen molar-refractivity contribution >= 4 is 17.6 Å². The van der Waals surface area contributed by atoms with E-state index < -0.39 is 11.4 Å². The number of carbonyl (C=O) groups excluding carboxylic acids is 1. The van der Waals surface area contributed by atoms with Gasteiger partial charge in [-0.25, -0.2) is 9.48 Å². The molecule has 0 aliphatic carbocycles. The molecule has 0 bridgehead atoms. The van der Waals surface area contributed by atoms with Gasteiger partial charge in [-0.2, -0.15) is 5.10 Å². The number of aryl methyl sites for hydroxylation is 1. The molecule has 3 aromatic rings. The molecular formula is C20H17ClN2O4. The highest BCUT2D eigenvalue weighted by Gasteiger charge is 2.16. The predicted molar refractivity (Wildman–Crippen MR) is 102 cm³/mol. The van der Waals surface area contributed by atoms with Gasteiger partial charge in [0.1, 0.15) is 19.0 Å². The molecule has 138 valence electrons. The first-order valence-electron chi connectivity index (χ1n) is 8.26. The standard InChI is InChI=1S/C20H17ClN2O4/c1-14-13-18(24)19(22-23(14)16-9-7-15(21)8-10-16)20(25)27-12-11-26-17-5-3-2-4-6-17/h2-10,13H,11-12H2,1H3. The molecule has 0 unspecified atom stereocenters. The van der Waals surface area contributed by atoms with Gasteiger partial charge in [-0.3, -0.25) is 4.79 Å². The first-order chi connectivity index (χ1) is 13.0. The monoisotopic (exact) mass is 384 g/mol. The maximum Gasteiger partial charge on any atom is 0.363 e. The largest absolute Gasteiger partial charge is 0.490 e. The number of ether oxygens (including phenoxy) is 2. The van der Waals surface area contributed by atoms with Gasteiger partial charge in [-0.05, 0) is 43.3 Å². The van der Waals surface area contributed by atoms with E-state index in [1.807, 2.05) is 18.2 Å². The van der Waals surface area contributed by atoms with Crippen LogP contribution in [0.4, 0.5) is 0 Å². The molecule has 0 radical (unpaired) electrons. The Bertz CT molecular complexity index is 985. The summed E-state index contributed by atoms with van der Waals surface area (Å²) in [7, 11) is 0. The van der Waals surface area contributed by atoms with Gasteiger partial charge in [0, 0.05) is 16.8 Å². The van der Waals surface area contributed by atoms with E-state index in [0.717, 1.165) is 0 Å². The van der Waals surface area contributed by atoms with Crippen molar-refractivity contribution in [1.29, 1.82) is 0 Å². The van der Waals surface area contributed by atoms with Crippen LogP contribution >= 0.6 is 11.6 Å². The van der Waals surface area contributed by atoms with Crippen LogP contribution in [0.3, 0.4) is 0 Å². The number of rotatable bonds is 6. The van der Waals surface area contributed by atoms with Gasteiger partial charge in [-0.15, -0.1) is 0 Å². The fourth-order valence-electron chi connectivity index (χ4n) is 2.41. The van der Waals surface area contributed by atoms with E-state index >= 15 is 0 Å². The lowest BCUT2D eigenvalue weighted by Gasteiger charge is -2.11. The molecule has 3 rings (SSSR count). The number of para-hydroxylation sites is 1. The molecular weight excluding hydrogens is 368 g/mol. The van der Waals surface area contributed by atoms with Gasteiger partial charge in [0.05, 0.1) is 5.69 Å². The van der Waals surface area contributed by atoms with E-state index in [0.29, 0.717) is 22.2 Å². The van der Waals surface area contributed by atoms with Crippen LogP contribution in [0.1, 0.15) is 16.2 Å². The van der Waals surface area contributed by atoms with Crippen LogP contribution in [-0.4, -0.2) is 29.0 Å². The van der Waals surface area contributed by atoms with Crippen LogP contribution in [0.25, 0.3) is 5.69 Å². The summed E-state index contributed by atoms with van der Waals surface area (Å²) < 4.78 is 12.1. The summed E-state index contributed by atoms with van der Waals surface area (Å²) in [6, 6.07) is 17.4. The van der Waals surface area contributed by atoms with Crippen molar-refractivity contribution in [3.05, 3.63) is 87.3 Å². The van der Waals surface area contributed by atoms with Crippen LogP contribution in [0.15, 0.2) is 65.5 Å². The normalized spacial score (nSPS) is 10.4. The van der Waals surface area contributed by atoms with Crippen molar-refractivity contribution in [2.24, 2.45) is 0 Å². The van der Waals surface area contributed by atoms with Crippen molar-refractivity contribution < 1.29 is 14.3 Å². The number of carbonyl (C=O) groups is 1. The summed E-state index contributed by atoms with van der Waals surface area (Å²) in [5, 5.41) is 4.73. The molecule has 0 spiro atoms. The van der Waals surface area contributed by atoms with Gasteiger partial charge in [0.15, 0.2) is 0 Å². The molecule has 27 heavy (non-hydrogen) atoms. The quantitative estimate of drug-likeness (QED) is 0.481. The summed E-state index contributed by atoms with van der Waals surface area (Å²) in [4.78, 5) is 24.4. The Kier molecular flexibility index (Phi) is 5.88. The lowest BCUT2D eigenvalue weighted by atomic mass is 10.3. The van der Waals surface area contributed by atoms with E-state index in [2.05, 4.69) is 5.10 Å². The highest BCUT2D eigenvalue weighted by atomic mass is 35.5. The molecule has 0 saturated heterocycles. The van der Waals surface area contributed by atoms with Crippen LogP contribution in [0.5, 0.6) is 5.75 Å². The minimum Gasteiger partial charge on any atom is -0.490 e. The SMILES string of the molecule is Cc1cc(=O)c(C(=O)OCCOc2ccccc2)nn1-c1ccc(Cl)cc1. The third kappa shape index (κ3) is 4.74. The zero-order chi connectivity index (χ0) is 19.2. The van der Waals surface area contributed by atoms with Crippen LogP contribution in [0.2, 0.25) is 5.02 Å². The Labute approximate surface area is 160 Å². The number of benzene rings is 2. The minimum atomic E-state index is -0.792. The summed E-state index contributed by atoms with van der Waals surface area (Å²) in [5.74, 6) is -0.119. The Morgan fingerprint density at radius 1 is 1.07 bits per heavy atom. The van der Waals surface area contributed by atoms with Crippen LogP contribution in [-0.2, 0) is 4.74 Å². The molecule has 0 atom stereocenters. The van der Waals surface area contributed by atoms with Crippen molar-refractivity contribution in [3.63, 3.8) is 0 Å². The average Bonchev–Trinajstić information content (AvgIpc) is 2.67. The number of halogens is 1. The third-order valence-electron chi connectivity index (χ3n) is 3.70. The molecule has 7 heteroatoms. The minimum absolute atomic E-state index is 0.00364. The first-order valence-corrected chi connectivity index (χ1v) is 8.64. The summed E-state index contributed by atoms with van der Waals surface area (Å²) in [5.41, 5.74) is 0.492. The summed E-state index contributed by atoms with van der Waals surface area (Å²) >= 11 is 5.90. The number of nitrogens with zero attached hydrogens (tertiary/aromatic N) is 2. The molecule has 6 nitrogen and oxygen atoms in total. The second-order valence-electron chi connectivity index (χ2n) is 5.68. The Morgan fingerprint density at radius 2 is 1.78 bits per heavy atom. The lowest BCUT2D eigenvalue weighted by Crippen LogP contribution is -2.25. The molecule has 1 heterocycles. The number of aromatic nitrogens is 2. The first kappa shape index (κ1) is 18.7. The predicted octanol–water partition coefficient (Wildman–Crippen LogP) is 3.43. The molecule has 0 fully saturated rings. The highest BCUT2D eigenvalue weighted by Crippen LogP contribution is 2.14. The van der Waals surface area contributed by atoms with Crippen LogP contribution < -0.4 is 10.2 Å². The van der Waals surface area contributed by atoms with Crippen molar-refractivity contribution in [2.45, 2.75) is 6.92 Å². The molecule has 0 aliphatic rings. The van der Waals surface area contributed by atoms with E-state index in [1.54, 1.807) is 43.3 Å². The lowest BCUT2D eigenvalue weighted by molar-refractivity contribution is 0.0440. The van der Waals surface area contributed by atoms with Crippen molar-refractivity contribution in [2.75, 3.05) is 13.2 Å². The van der Waals surface area contributed by atoms with E-state index in [1.165, 1.54) is 10.7 Å². The van der Waals surface area contributed by atoms with E-state index in [9.17, 15) is 9.59 Å². The number of hydrogen-bond donors (Lipinski definition) is 0. The summed E-state index contributed by atoms with van der Waals surface area (Å²) in [6.45, 7) is 1.91. The zero-order valence-electron chi connectivity index (χ0n) is 14.6. The van der Waals surface area contributed by atoms with Crippen LogP contribution in [0, 0.1) is 6.92 Å². The Morgan fingerprint density at radius 3 is 2.48 bits per heavy atom. The number of hydrogen-bond acceptors (Lipinski definition) is 5. The van der Waals surface area contributed by atoms with E-state index in [-0.39, 0.29) is 18.9 Å². The topological polar surface area (TPSA) is 70.4 Å². The highest BCUT2D eigenvalue weighted by molar-refractivity contribution is 6.30. The maximum absolute atomic E-state index is 12.3. The zero-order valence-corrected chi connectivity index (χ0v) is 15.3. The van der Waals surface area contributed by atoms with Gasteiger partial charge < -0.3 is 9.47 Å². The smallest absolute Gasteiger partial charge is 0.363 e. The molecule has 1 aromatic heterocycles. The fraction of sp³-hybridized carbons (Fsp3) is 0.150. The van der Waals surface area contributed by atoms with Crippen molar-refractivity contribution in [1.82, 2.24) is 9.78 Å².